The zero-order valence-corrected chi connectivity index (χ0v) is 65.4. The van der Waals surface area contributed by atoms with Gasteiger partial charge in [-0.3, -0.25) is 14.4 Å². The fourth-order valence-corrected chi connectivity index (χ4v) is 15.6. The molecule has 3 amide bonds. The van der Waals surface area contributed by atoms with Gasteiger partial charge in [0, 0.05) is 105 Å². The molecule has 3 atom stereocenters. The van der Waals surface area contributed by atoms with E-state index in [1.165, 1.54) is 42.5 Å². The number of halogens is 4. The van der Waals surface area contributed by atoms with Crippen molar-refractivity contribution in [3.8, 4) is 0 Å². The van der Waals surface area contributed by atoms with Gasteiger partial charge in [0.25, 0.3) is 17.7 Å². The summed E-state index contributed by atoms with van der Waals surface area (Å²) in [6, 6.07) is 21.0. The number of benzene rings is 6. The number of nitrogens with zero attached hydrogens (tertiary/aromatic N) is 4. The Hall–Kier alpha value is -9.35. The molecule has 6 aromatic carbocycles. The Kier molecular flexibility index (Phi) is 31.1. The number of carbonyl (C=O) groups is 6. The monoisotopic (exact) mass is 1500 g/mol. The number of carboxylic acids is 3. The van der Waals surface area contributed by atoms with Gasteiger partial charge < -0.3 is 51.7 Å². The lowest BCUT2D eigenvalue weighted by molar-refractivity contribution is 0.0681. The standard InChI is InChI=1S/C71H91F4N7O6S.C15H17NO3/c1-12-24-81(25-13-2)66(83)54-29-43(8)30-55(68(85)86)65(54)80-64-44(9)60(56(57(76)36-47-34-52(74)38-53(75)35-47)40-79-71(22-23-71)58-41-77-59(89-58)28-42(6)7)62(69(87)88)61(63(64)67(84)82(26-14-3)27-15-4)48(21-20-46-32-50(72)37-51(73)33-46)39-78-70(10,11)49-19-17-18-45(16-5)31-49;1-4-6-16(7-5-2)14(17)12-8-11(3)9-13(10-12)15(18)19/h17-19,29-35,37-38,41-42,48,56-57,78-80H,12-16,20-28,36,39-40,76H2,1-11H3,(H,85,86)(H,87,88);4-5,8-10H,1-2,6-7H2,3H3,(H,18,19)/t48-,56?,57-;/m0./s1. The smallest absolute Gasteiger partial charge is 0.337 e. The van der Waals surface area contributed by atoms with Crippen molar-refractivity contribution in [3.05, 3.63) is 239 Å². The van der Waals surface area contributed by atoms with Crippen molar-refractivity contribution in [1.29, 1.82) is 0 Å². The zero-order valence-electron chi connectivity index (χ0n) is 64.6. The summed E-state index contributed by atoms with van der Waals surface area (Å²) in [5.41, 5.74) is 9.88. The molecule has 7 aromatic rings. The van der Waals surface area contributed by atoms with E-state index < -0.39 is 81.9 Å². The first-order chi connectivity index (χ1) is 51.3. The van der Waals surface area contributed by atoms with Gasteiger partial charge >= 0.3 is 17.9 Å². The molecule has 1 heterocycles. The summed E-state index contributed by atoms with van der Waals surface area (Å²) in [7, 11) is 0. The summed E-state index contributed by atoms with van der Waals surface area (Å²) in [6.45, 7) is 32.2. The second-order valence-corrected chi connectivity index (χ2v) is 30.4. The van der Waals surface area contributed by atoms with Crippen LogP contribution < -0.4 is 21.7 Å². The van der Waals surface area contributed by atoms with Crippen LogP contribution >= 0.6 is 11.3 Å². The van der Waals surface area contributed by atoms with E-state index in [9.17, 15) is 24.6 Å². The average Bonchev–Trinajstić information content (AvgIpc) is 0.847. The lowest BCUT2D eigenvalue weighted by atomic mass is 9.74. The molecule has 1 fully saturated rings. The van der Waals surface area contributed by atoms with Crippen LogP contribution in [0.15, 0.2) is 123 Å². The summed E-state index contributed by atoms with van der Waals surface area (Å²) >= 11 is 1.59. The van der Waals surface area contributed by atoms with Crippen LogP contribution in [0.3, 0.4) is 0 Å². The number of aromatic carboxylic acids is 3. The first-order valence-electron chi connectivity index (χ1n) is 37.5. The first kappa shape index (κ1) is 85.9. The number of hydrogen-bond acceptors (Lipinski definition) is 12. The molecule has 0 aliphatic heterocycles. The minimum Gasteiger partial charge on any atom is -0.478 e. The SMILES string of the molecule is C=CCN(CC=C)C(=O)c1cc(C)cc(C(=O)O)c1.CCCN(CCC)C(=O)c1cc(C)cc(C(=O)O)c1Nc1c(C)c(C(CNC2(c3cnc(CC(C)C)s3)CC2)[C@@H](N)Cc2cc(F)cc(F)c2)c(C(=O)O)c([C@@H](CCc2cc(F)cc(F)c2)CNC(C)(C)c2cccc(CC)c2)c1C(=O)N(CCC)CCC. The van der Waals surface area contributed by atoms with Crippen molar-refractivity contribution in [3.63, 3.8) is 0 Å². The van der Waals surface area contributed by atoms with Gasteiger partial charge in [-0.25, -0.2) is 36.9 Å². The van der Waals surface area contributed by atoms with E-state index in [4.69, 9.17) is 15.8 Å². The number of hydrogen-bond donors (Lipinski definition) is 7. The number of nitrogens with two attached hydrogens (primary N) is 1. The second-order valence-electron chi connectivity index (χ2n) is 29.3. The van der Waals surface area contributed by atoms with Crippen LogP contribution in [0.2, 0.25) is 0 Å². The third-order valence-electron chi connectivity index (χ3n) is 19.6. The number of carbonyl (C=O) groups excluding carboxylic acids is 3. The Labute approximate surface area is 638 Å². The molecule has 8 N–H and O–H groups in total. The fourth-order valence-electron chi connectivity index (χ4n) is 14.2. The van der Waals surface area contributed by atoms with Crippen LogP contribution in [0, 0.1) is 50.0 Å². The molecule has 0 radical (unpaired) electrons. The zero-order chi connectivity index (χ0) is 79.5. The normalized spacial score (nSPS) is 13.2. The number of nitrogens with one attached hydrogen (secondary N) is 3. The molecule has 108 heavy (non-hydrogen) atoms. The predicted molar refractivity (Wildman–Crippen MR) is 422 cm³/mol. The van der Waals surface area contributed by atoms with Gasteiger partial charge in [-0.05, 0) is 215 Å². The second kappa shape index (κ2) is 39.1. The number of carboxylic acid groups (broad SMARTS) is 3. The summed E-state index contributed by atoms with van der Waals surface area (Å²) in [4.78, 5) is 94.7. The number of anilines is 2. The van der Waals surface area contributed by atoms with Gasteiger partial charge in [-0.15, -0.1) is 24.5 Å². The summed E-state index contributed by atoms with van der Waals surface area (Å²) in [5, 5.41) is 44.7. The summed E-state index contributed by atoms with van der Waals surface area (Å²) in [6.07, 6.45) is 10.1. The van der Waals surface area contributed by atoms with Crippen LogP contribution in [0.1, 0.15) is 241 Å². The lowest BCUT2D eigenvalue weighted by Crippen LogP contribution is -2.43. The van der Waals surface area contributed by atoms with Crippen LogP contribution in [-0.2, 0) is 36.8 Å². The Balaban J connectivity index is 0.000000743. The molecule has 1 unspecified atom stereocenters. The van der Waals surface area contributed by atoms with Gasteiger partial charge in [-0.1, -0.05) is 84.9 Å². The van der Waals surface area contributed by atoms with Gasteiger partial charge in [0.15, 0.2) is 0 Å². The molecule has 1 aliphatic carbocycles. The van der Waals surface area contributed by atoms with Crippen LogP contribution in [-0.4, -0.2) is 129 Å². The van der Waals surface area contributed by atoms with E-state index in [2.05, 4.69) is 55.9 Å². The Morgan fingerprint density at radius 2 is 1.19 bits per heavy atom. The van der Waals surface area contributed by atoms with Crippen LogP contribution in [0.25, 0.3) is 0 Å². The molecule has 1 saturated carbocycles. The van der Waals surface area contributed by atoms with E-state index in [0.717, 1.165) is 51.5 Å². The van der Waals surface area contributed by atoms with Gasteiger partial charge in [0.05, 0.1) is 49.7 Å². The van der Waals surface area contributed by atoms with Gasteiger partial charge in [0.2, 0.25) is 0 Å². The minimum atomic E-state index is -1.43. The first-order valence-corrected chi connectivity index (χ1v) is 38.3. The Morgan fingerprint density at radius 1 is 0.630 bits per heavy atom. The van der Waals surface area contributed by atoms with E-state index in [-0.39, 0.29) is 118 Å². The number of aryl methyl sites for hydroxylation is 4. The number of amides is 3. The van der Waals surface area contributed by atoms with Crippen LogP contribution in [0.5, 0.6) is 0 Å². The molecule has 0 spiro atoms. The molecule has 8 rings (SSSR count). The van der Waals surface area contributed by atoms with Gasteiger partial charge in [0.1, 0.15) is 23.3 Å². The number of thiazole rings is 1. The number of rotatable bonds is 39. The summed E-state index contributed by atoms with van der Waals surface area (Å²) in [5.74, 6) is -10.1. The molecular formula is C86H108F4N8O9S. The highest BCUT2D eigenvalue weighted by Gasteiger charge is 2.47. The molecule has 17 nitrogen and oxygen atoms in total. The van der Waals surface area contributed by atoms with E-state index in [1.54, 1.807) is 71.1 Å². The largest absolute Gasteiger partial charge is 0.478 e. The van der Waals surface area contributed by atoms with Crippen molar-refractivity contribution in [2.75, 3.05) is 57.7 Å². The maximum absolute atomic E-state index is 16.5. The fraction of sp³-hybridized carbons (Fsp3) is 0.430. The minimum absolute atomic E-state index is 0.00463. The van der Waals surface area contributed by atoms with E-state index >= 15 is 31.9 Å². The highest BCUT2D eigenvalue weighted by Crippen LogP contribution is 2.50. The number of aromatic nitrogens is 1. The highest BCUT2D eigenvalue weighted by atomic mass is 32.1. The van der Waals surface area contributed by atoms with Crippen molar-refractivity contribution in [2.45, 2.75) is 183 Å². The topological polar surface area (TPSA) is 248 Å². The third-order valence-corrected chi connectivity index (χ3v) is 20.8. The molecule has 1 aliphatic rings. The third kappa shape index (κ3) is 22.2. The lowest BCUT2D eigenvalue weighted by Gasteiger charge is -2.36. The van der Waals surface area contributed by atoms with Crippen molar-refractivity contribution >= 4 is 58.3 Å². The molecular weight excluding hydrogens is 1400 g/mol. The quantitative estimate of drug-likeness (QED) is 0.0140. The predicted octanol–water partition coefficient (Wildman–Crippen LogP) is 17.4. The summed E-state index contributed by atoms with van der Waals surface area (Å²) < 4.78 is 61.1. The van der Waals surface area contributed by atoms with Crippen molar-refractivity contribution in [2.24, 2.45) is 11.7 Å². The van der Waals surface area contributed by atoms with Gasteiger partial charge in [-0.2, -0.15) is 0 Å². The molecule has 1 aromatic heterocycles. The van der Waals surface area contributed by atoms with Crippen LogP contribution in [0.4, 0.5) is 28.9 Å². The maximum atomic E-state index is 16.5. The molecule has 580 valence electrons. The highest BCUT2D eigenvalue weighted by molar-refractivity contribution is 7.11. The van der Waals surface area contributed by atoms with E-state index in [0.29, 0.717) is 81.7 Å². The van der Waals surface area contributed by atoms with Crippen molar-refractivity contribution < 1.29 is 61.6 Å². The maximum Gasteiger partial charge on any atom is 0.337 e. The van der Waals surface area contributed by atoms with Crippen molar-refractivity contribution in [1.82, 2.24) is 30.3 Å². The molecule has 22 heteroatoms. The Morgan fingerprint density at radius 3 is 1.71 bits per heavy atom. The molecule has 0 bridgehead atoms. The average molecular weight is 1510 g/mol. The Bertz CT molecular complexity index is 4320. The molecule has 0 saturated heterocycles. The van der Waals surface area contributed by atoms with E-state index in [1.807, 2.05) is 65.9 Å².